The highest BCUT2D eigenvalue weighted by Gasteiger charge is 2.31. The number of aliphatic hydroxyl groups is 1. The standard InChI is InChI=1S/C15H14O4/c1-9-3-5-10(6-4-9)13(16)11-7-8-12(19-2)15(18)14(11)17/h3-8,14,17H,1-2H3. The van der Waals surface area contributed by atoms with Gasteiger partial charge in [0.2, 0.25) is 5.78 Å². The zero-order valence-electron chi connectivity index (χ0n) is 10.7. The molecule has 0 saturated carbocycles. The lowest BCUT2D eigenvalue weighted by Crippen LogP contribution is -2.31. The molecule has 1 unspecified atom stereocenters. The van der Waals surface area contributed by atoms with Gasteiger partial charge in [-0.2, -0.15) is 0 Å². The molecule has 0 saturated heterocycles. The second-order valence-electron chi connectivity index (χ2n) is 4.32. The molecular formula is C15H14O4. The number of ketones is 2. The van der Waals surface area contributed by atoms with E-state index in [1.165, 1.54) is 19.3 Å². The molecule has 0 spiro atoms. The summed E-state index contributed by atoms with van der Waals surface area (Å²) in [5, 5.41) is 9.87. The topological polar surface area (TPSA) is 63.6 Å². The Balaban J connectivity index is 2.34. The molecule has 4 nitrogen and oxygen atoms in total. The van der Waals surface area contributed by atoms with Gasteiger partial charge in [0.25, 0.3) is 0 Å². The molecule has 4 heteroatoms. The van der Waals surface area contributed by atoms with Crippen molar-refractivity contribution in [2.24, 2.45) is 0 Å². The average Bonchev–Trinajstić information content (AvgIpc) is 2.42. The summed E-state index contributed by atoms with van der Waals surface area (Å²) >= 11 is 0. The second-order valence-corrected chi connectivity index (χ2v) is 4.32. The molecule has 0 radical (unpaired) electrons. The largest absolute Gasteiger partial charge is 0.493 e. The van der Waals surface area contributed by atoms with E-state index >= 15 is 0 Å². The molecule has 0 bridgehead atoms. The van der Waals surface area contributed by atoms with E-state index in [9.17, 15) is 14.7 Å². The molecule has 1 aliphatic rings. The van der Waals surface area contributed by atoms with Gasteiger partial charge in [-0.05, 0) is 19.1 Å². The van der Waals surface area contributed by atoms with E-state index in [0.29, 0.717) is 5.56 Å². The zero-order valence-corrected chi connectivity index (χ0v) is 10.7. The van der Waals surface area contributed by atoms with Crippen molar-refractivity contribution >= 4 is 11.6 Å². The van der Waals surface area contributed by atoms with Gasteiger partial charge in [0.05, 0.1) is 7.11 Å². The van der Waals surface area contributed by atoms with Crippen molar-refractivity contribution in [1.82, 2.24) is 0 Å². The Bertz CT molecular complexity index is 579. The predicted octanol–water partition coefficient (Wildman–Crippen LogP) is 1.58. The summed E-state index contributed by atoms with van der Waals surface area (Å²) in [4.78, 5) is 23.9. The van der Waals surface area contributed by atoms with Gasteiger partial charge < -0.3 is 9.84 Å². The van der Waals surface area contributed by atoms with Crippen molar-refractivity contribution in [2.75, 3.05) is 7.11 Å². The van der Waals surface area contributed by atoms with Gasteiger partial charge in [-0.15, -0.1) is 0 Å². The Morgan fingerprint density at radius 1 is 1.21 bits per heavy atom. The van der Waals surface area contributed by atoms with Crippen molar-refractivity contribution in [3.63, 3.8) is 0 Å². The molecule has 1 atom stereocenters. The number of Topliss-reactive ketones (excluding diaryl/α,β-unsaturated/α-hetero) is 2. The third-order valence-electron chi connectivity index (χ3n) is 3.00. The van der Waals surface area contributed by atoms with E-state index in [1.807, 2.05) is 6.92 Å². The third kappa shape index (κ3) is 2.48. The molecule has 0 aromatic heterocycles. The number of aliphatic hydroxyl groups excluding tert-OH is 1. The first-order chi connectivity index (χ1) is 9.04. The first-order valence-corrected chi connectivity index (χ1v) is 5.84. The van der Waals surface area contributed by atoms with Gasteiger partial charge in [0.15, 0.2) is 11.5 Å². The Morgan fingerprint density at radius 3 is 2.42 bits per heavy atom. The van der Waals surface area contributed by atoms with Crippen LogP contribution in [-0.2, 0) is 9.53 Å². The first kappa shape index (κ1) is 13.2. The van der Waals surface area contributed by atoms with Crippen LogP contribution in [0.25, 0.3) is 0 Å². The fourth-order valence-corrected chi connectivity index (χ4v) is 1.85. The molecule has 0 amide bonds. The maximum absolute atomic E-state index is 12.2. The lowest BCUT2D eigenvalue weighted by Gasteiger charge is -2.17. The third-order valence-corrected chi connectivity index (χ3v) is 3.00. The van der Waals surface area contributed by atoms with E-state index in [2.05, 4.69) is 0 Å². The van der Waals surface area contributed by atoms with Crippen LogP contribution in [0.3, 0.4) is 0 Å². The quantitative estimate of drug-likeness (QED) is 0.836. The molecule has 1 N–H and O–H groups in total. The van der Waals surface area contributed by atoms with Gasteiger partial charge in [0, 0.05) is 11.1 Å². The molecule has 2 rings (SSSR count). The van der Waals surface area contributed by atoms with Crippen molar-refractivity contribution < 1.29 is 19.4 Å². The van der Waals surface area contributed by atoms with Crippen molar-refractivity contribution in [3.8, 4) is 0 Å². The SMILES string of the molecule is COC1=CC=C(C(=O)c2ccc(C)cc2)C(O)C1=O. The monoisotopic (exact) mass is 258 g/mol. The molecule has 1 aliphatic carbocycles. The molecule has 1 aromatic carbocycles. The number of aryl methyl sites for hydroxylation is 1. The van der Waals surface area contributed by atoms with Crippen LogP contribution in [0, 0.1) is 6.92 Å². The molecule has 0 aliphatic heterocycles. The Hall–Kier alpha value is -2.20. The highest BCUT2D eigenvalue weighted by molar-refractivity contribution is 6.16. The Labute approximate surface area is 111 Å². The van der Waals surface area contributed by atoms with E-state index in [4.69, 9.17) is 4.74 Å². The van der Waals surface area contributed by atoms with Crippen LogP contribution in [0.15, 0.2) is 47.7 Å². The van der Waals surface area contributed by atoms with Gasteiger partial charge in [-0.1, -0.05) is 29.8 Å². The highest BCUT2D eigenvalue weighted by atomic mass is 16.5. The smallest absolute Gasteiger partial charge is 0.230 e. The number of methoxy groups -OCH3 is 1. The van der Waals surface area contributed by atoms with Crippen LogP contribution >= 0.6 is 0 Å². The molecule has 19 heavy (non-hydrogen) atoms. The van der Waals surface area contributed by atoms with Crippen molar-refractivity contribution in [1.29, 1.82) is 0 Å². The molecule has 0 heterocycles. The van der Waals surface area contributed by atoms with Crippen LogP contribution in [0.2, 0.25) is 0 Å². The minimum Gasteiger partial charge on any atom is -0.493 e. The van der Waals surface area contributed by atoms with Gasteiger partial charge in [-0.3, -0.25) is 9.59 Å². The number of rotatable bonds is 3. The van der Waals surface area contributed by atoms with Crippen LogP contribution in [0.4, 0.5) is 0 Å². The maximum Gasteiger partial charge on any atom is 0.230 e. The van der Waals surface area contributed by atoms with Gasteiger partial charge >= 0.3 is 0 Å². The summed E-state index contributed by atoms with van der Waals surface area (Å²) in [6, 6.07) is 6.96. The van der Waals surface area contributed by atoms with E-state index in [-0.39, 0.29) is 17.1 Å². The number of allylic oxidation sites excluding steroid dienone is 2. The lowest BCUT2D eigenvalue weighted by atomic mass is 9.92. The number of carbonyl (C=O) groups excluding carboxylic acids is 2. The summed E-state index contributed by atoms with van der Waals surface area (Å²) in [6.07, 6.45) is 1.36. The van der Waals surface area contributed by atoms with E-state index in [1.54, 1.807) is 24.3 Å². The predicted molar refractivity (Wildman–Crippen MR) is 69.7 cm³/mol. The Morgan fingerprint density at radius 2 is 1.84 bits per heavy atom. The normalized spacial score (nSPS) is 18.7. The highest BCUT2D eigenvalue weighted by Crippen LogP contribution is 2.20. The van der Waals surface area contributed by atoms with Crippen LogP contribution in [0.5, 0.6) is 0 Å². The fourth-order valence-electron chi connectivity index (χ4n) is 1.85. The number of benzene rings is 1. The molecule has 1 aromatic rings. The van der Waals surface area contributed by atoms with Crippen molar-refractivity contribution in [2.45, 2.75) is 13.0 Å². The first-order valence-electron chi connectivity index (χ1n) is 5.84. The van der Waals surface area contributed by atoms with Gasteiger partial charge in [-0.25, -0.2) is 0 Å². The van der Waals surface area contributed by atoms with Crippen LogP contribution in [0.1, 0.15) is 15.9 Å². The molecule has 98 valence electrons. The summed E-state index contributed by atoms with van der Waals surface area (Å²) in [6.45, 7) is 1.92. The summed E-state index contributed by atoms with van der Waals surface area (Å²) in [5.41, 5.74) is 1.54. The van der Waals surface area contributed by atoms with Crippen LogP contribution in [-0.4, -0.2) is 29.9 Å². The fraction of sp³-hybridized carbons (Fsp3) is 0.200. The Kier molecular flexibility index (Phi) is 3.62. The number of ether oxygens (including phenoxy) is 1. The summed E-state index contributed by atoms with van der Waals surface area (Å²) in [7, 11) is 1.34. The van der Waals surface area contributed by atoms with E-state index in [0.717, 1.165) is 5.56 Å². The second kappa shape index (κ2) is 5.20. The number of hydrogen-bond acceptors (Lipinski definition) is 4. The number of hydrogen-bond donors (Lipinski definition) is 1. The average molecular weight is 258 g/mol. The zero-order chi connectivity index (χ0) is 14.0. The minimum atomic E-state index is -1.46. The van der Waals surface area contributed by atoms with Crippen LogP contribution < -0.4 is 0 Å². The van der Waals surface area contributed by atoms with Crippen molar-refractivity contribution in [3.05, 3.63) is 58.9 Å². The van der Waals surface area contributed by atoms with E-state index < -0.39 is 11.9 Å². The number of carbonyl (C=O) groups is 2. The molecule has 0 fully saturated rings. The maximum atomic E-state index is 12.2. The minimum absolute atomic E-state index is 0.0490. The molecular weight excluding hydrogens is 244 g/mol. The van der Waals surface area contributed by atoms with Gasteiger partial charge in [0.1, 0.15) is 6.10 Å². The summed E-state index contributed by atoms with van der Waals surface area (Å²) < 4.78 is 4.82. The summed E-state index contributed by atoms with van der Waals surface area (Å²) in [5.74, 6) is -0.902. The lowest BCUT2D eigenvalue weighted by molar-refractivity contribution is -0.124.